The topological polar surface area (TPSA) is 32.3 Å². The smallest absolute Gasteiger partial charge is 0.241 e. The summed E-state index contributed by atoms with van der Waals surface area (Å²) in [5, 5.41) is 3.59. The molecule has 1 heterocycles. The molecule has 2 fully saturated rings. The Kier molecular flexibility index (Phi) is 4.88. The lowest BCUT2D eigenvalue weighted by atomic mass is 10.1. The Morgan fingerprint density at radius 1 is 1.37 bits per heavy atom. The largest absolute Gasteiger partial charge is 0.323 e. The van der Waals surface area contributed by atoms with E-state index in [1.54, 1.807) is 0 Å². The highest BCUT2D eigenvalue weighted by Gasteiger charge is 2.43. The molecule has 1 aliphatic carbocycles. The molecule has 1 aliphatic heterocycles. The highest BCUT2D eigenvalue weighted by Crippen LogP contribution is 2.33. The number of rotatable bonds is 5. The van der Waals surface area contributed by atoms with Crippen LogP contribution in [0.15, 0.2) is 0 Å². The van der Waals surface area contributed by atoms with Crippen molar-refractivity contribution < 1.29 is 4.79 Å². The maximum Gasteiger partial charge on any atom is 0.241 e. The Morgan fingerprint density at radius 3 is 2.63 bits per heavy atom. The van der Waals surface area contributed by atoms with Crippen molar-refractivity contribution in [1.29, 1.82) is 0 Å². The zero-order chi connectivity index (χ0) is 14.0. The molecule has 1 amide bonds. The van der Waals surface area contributed by atoms with Gasteiger partial charge in [-0.25, -0.2) is 0 Å². The third kappa shape index (κ3) is 3.31. The van der Waals surface area contributed by atoms with Crippen molar-refractivity contribution in [1.82, 2.24) is 10.2 Å². The second-order valence-electron chi connectivity index (χ2n) is 6.97. The molecule has 3 nitrogen and oxygen atoms in total. The van der Waals surface area contributed by atoms with Gasteiger partial charge in [-0.05, 0) is 43.9 Å². The molecule has 0 aromatic rings. The monoisotopic (exact) mass is 266 g/mol. The molecular weight excluding hydrogens is 236 g/mol. The Hall–Kier alpha value is -0.570. The van der Waals surface area contributed by atoms with Crippen molar-refractivity contribution in [3.8, 4) is 0 Å². The number of carbonyl (C=O) groups is 1. The number of hydrogen-bond acceptors (Lipinski definition) is 2. The second kappa shape index (κ2) is 6.25. The van der Waals surface area contributed by atoms with Crippen molar-refractivity contribution in [3.63, 3.8) is 0 Å². The molecule has 2 rings (SSSR count). The third-order valence-electron chi connectivity index (χ3n) is 4.61. The minimum Gasteiger partial charge on any atom is -0.323 e. The van der Waals surface area contributed by atoms with E-state index in [2.05, 4.69) is 37.9 Å². The minimum absolute atomic E-state index is 0.0738. The first-order valence-electron chi connectivity index (χ1n) is 8.11. The predicted octanol–water partition coefficient (Wildman–Crippen LogP) is 3.15. The van der Waals surface area contributed by atoms with Gasteiger partial charge in [-0.15, -0.1) is 0 Å². The van der Waals surface area contributed by atoms with Crippen LogP contribution in [0.25, 0.3) is 0 Å². The summed E-state index contributed by atoms with van der Waals surface area (Å²) in [4.78, 5) is 14.9. The van der Waals surface area contributed by atoms with E-state index in [4.69, 9.17) is 0 Å². The van der Waals surface area contributed by atoms with Crippen LogP contribution in [0.4, 0.5) is 0 Å². The van der Waals surface area contributed by atoms with Crippen LogP contribution in [-0.4, -0.2) is 29.1 Å². The number of nitrogens with zero attached hydrogens (tertiary/aromatic N) is 1. The van der Waals surface area contributed by atoms with E-state index in [0.29, 0.717) is 17.9 Å². The maximum atomic E-state index is 12.6. The fraction of sp³-hybridized carbons (Fsp3) is 0.938. The molecule has 0 aromatic heterocycles. The van der Waals surface area contributed by atoms with E-state index in [0.717, 1.165) is 25.2 Å². The number of carbonyl (C=O) groups excluding carboxylic acids is 1. The third-order valence-corrected chi connectivity index (χ3v) is 4.61. The predicted molar refractivity (Wildman–Crippen MR) is 78.7 cm³/mol. The lowest BCUT2D eigenvalue weighted by molar-refractivity contribution is -0.132. The first kappa shape index (κ1) is 14.8. The molecule has 0 radical (unpaired) electrons. The average molecular weight is 266 g/mol. The fourth-order valence-corrected chi connectivity index (χ4v) is 3.71. The first-order chi connectivity index (χ1) is 9.02. The van der Waals surface area contributed by atoms with Crippen LogP contribution in [0.3, 0.4) is 0 Å². The summed E-state index contributed by atoms with van der Waals surface area (Å²) < 4.78 is 0. The van der Waals surface area contributed by atoms with Crippen LogP contribution in [-0.2, 0) is 4.79 Å². The Morgan fingerprint density at radius 2 is 2.11 bits per heavy atom. The molecule has 110 valence electrons. The molecule has 19 heavy (non-hydrogen) atoms. The van der Waals surface area contributed by atoms with Gasteiger partial charge in [0.25, 0.3) is 0 Å². The van der Waals surface area contributed by atoms with Crippen LogP contribution in [0.2, 0.25) is 0 Å². The van der Waals surface area contributed by atoms with Crippen molar-refractivity contribution >= 4 is 5.91 Å². The summed E-state index contributed by atoms with van der Waals surface area (Å²) in [6.45, 7) is 8.96. The van der Waals surface area contributed by atoms with Crippen LogP contribution in [0.1, 0.15) is 66.2 Å². The van der Waals surface area contributed by atoms with Gasteiger partial charge in [0.15, 0.2) is 0 Å². The molecule has 2 aliphatic rings. The number of nitrogens with one attached hydrogen (secondary N) is 1. The van der Waals surface area contributed by atoms with Gasteiger partial charge in [0.05, 0.1) is 12.2 Å². The number of amides is 1. The zero-order valence-electron chi connectivity index (χ0n) is 13.0. The van der Waals surface area contributed by atoms with E-state index in [1.165, 1.54) is 19.3 Å². The van der Waals surface area contributed by atoms with Gasteiger partial charge in [-0.3, -0.25) is 10.1 Å². The summed E-state index contributed by atoms with van der Waals surface area (Å²) in [6.07, 6.45) is 7.08. The molecule has 0 aromatic carbocycles. The van der Waals surface area contributed by atoms with Crippen molar-refractivity contribution in [2.75, 3.05) is 0 Å². The standard InChI is InChI=1S/C16H30N2O/c1-5-6-14-16(19)18(13-8-7-12(4)10-13)15(17-14)9-11(2)3/h11-15,17H,5-10H2,1-4H3. The molecule has 3 heteroatoms. The van der Waals surface area contributed by atoms with Crippen molar-refractivity contribution in [3.05, 3.63) is 0 Å². The van der Waals surface area contributed by atoms with Gasteiger partial charge in [0.1, 0.15) is 0 Å². The summed E-state index contributed by atoms with van der Waals surface area (Å²) in [5.74, 6) is 1.78. The summed E-state index contributed by atoms with van der Waals surface area (Å²) in [7, 11) is 0. The normalized spacial score (nSPS) is 35.6. The van der Waals surface area contributed by atoms with E-state index >= 15 is 0 Å². The van der Waals surface area contributed by atoms with Crippen LogP contribution < -0.4 is 5.32 Å². The van der Waals surface area contributed by atoms with E-state index < -0.39 is 0 Å². The summed E-state index contributed by atoms with van der Waals surface area (Å²) in [5.41, 5.74) is 0. The maximum absolute atomic E-state index is 12.6. The van der Waals surface area contributed by atoms with Gasteiger partial charge in [-0.2, -0.15) is 0 Å². The lowest BCUT2D eigenvalue weighted by Gasteiger charge is -2.31. The lowest BCUT2D eigenvalue weighted by Crippen LogP contribution is -2.44. The number of hydrogen-bond donors (Lipinski definition) is 1. The second-order valence-corrected chi connectivity index (χ2v) is 6.97. The molecule has 1 N–H and O–H groups in total. The molecule has 4 atom stereocenters. The van der Waals surface area contributed by atoms with Crippen LogP contribution in [0, 0.1) is 11.8 Å². The fourth-order valence-electron chi connectivity index (χ4n) is 3.71. The van der Waals surface area contributed by atoms with Crippen LogP contribution in [0.5, 0.6) is 0 Å². The zero-order valence-corrected chi connectivity index (χ0v) is 13.0. The molecule has 1 saturated heterocycles. The van der Waals surface area contributed by atoms with E-state index in [-0.39, 0.29) is 12.2 Å². The molecule has 0 bridgehead atoms. The van der Waals surface area contributed by atoms with Gasteiger partial charge < -0.3 is 4.90 Å². The Balaban J connectivity index is 2.08. The van der Waals surface area contributed by atoms with Gasteiger partial charge in [0, 0.05) is 6.04 Å². The molecule has 0 spiro atoms. The van der Waals surface area contributed by atoms with E-state index in [9.17, 15) is 4.79 Å². The quantitative estimate of drug-likeness (QED) is 0.829. The molecule has 1 saturated carbocycles. The summed E-state index contributed by atoms with van der Waals surface area (Å²) in [6, 6.07) is 0.560. The van der Waals surface area contributed by atoms with E-state index in [1.807, 2.05) is 0 Å². The minimum atomic E-state index is 0.0738. The highest BCUT2D eigenvalue weighted by molar-refractivity contribution is 5.84. The first-order valence-corrected chi connectivity index (χ1v) is 8.11. The van der Waals surface area contributed by atoms with Crippen LogP contribution >= 0.6 is 0 Å². The SMILES string of the molecule is CCCC1NC(CC(C)C)N(C2CCC(C)C2)C1=O. The highest BCUT2D eigenvalue weighted by atomic mass is 16.2. The van der Waals surface area contributed by atoms with Crippen molar-refractivity contribution in [2.24, 2.45) is 11.8 Å². The molecule has 4 unspecified atom stereocenters. The van der Waals surface area contributed by atoms with Gasteiger partial charge in [-0.1, -0.05) is 34.1 Å². The molecular formula is C16H30N2O. The summed E-state index contributed by atoms with van der Waals surface area (Å²) >= 11 is 0. The Labute approximate surface area is 118 Å². The average Bonchev–Trinajstić information content (AvgIpc) is 2.85. The Bertz CT molecular complexity index is 316. The van der Waals surface area contributed by atoms with Gasteiger partial charge >= 0.3 is 0 Å². The van der Waals surface area contributed by atoms with Crippen molar-refractivity contribution in [2.45, 2.75) is 84.5 Å². The van der Waals surface area contributed by atoms with Gasteiger partial charge in [0.2, 0.25) is 5.91 Å².